The average Bonchev–Trinajstić information content (AvgIpc) is 2.60. The highest BCUT2D eigenvalue weighted by Crippen LogP contribution is 2.25. The van der Waals surface area contributed by atoms with Crippen LogP contribution in [0.3, 0.4) is 0 Å². The van der Waals surface area contributed by atoms with Gasteiger partial charge in [0.05, 0.1) is 10.5 Å². The Morgan fingerprint density at radius 1 is 1.08 bits per heavy atom. The summed E-state index contributed by atoms with van der Waals surface area (Å²) < 4.78 is 36.0. The van der Waals surface area contributed by atoms with E-state index in [1.807, 2.05) is 0 Å². The molecule has 0 N–H and O–H groups in total. The van der Waals surface area contributed by atoms with Crippen LogP contribution in [0.1, 0.15) is 10.4 Å². The minimum Gasteiger partial charge on any atom is -0.475 e. The SMILES string of the molecule is O=C(COc1ccccc1[N+](=O)[O-])OCC(=O)c1cc(F)ccc1F. The van der Waals surface area contributed by atoms with Crippen LogP contribution < -0.4 is 4.74 Å². The van der Waals surface area contributed by atoms with E-state index in [0.717, 1.165) is 12.1 Å². The van der Waals surface area contributed by atoms with Gasteiger partial charge in [-0.2, -0.15) is 0 Å². The van der Waals surface area contributed by atoms with E-state index in [1.54, 1.807) is 0 Å². The lowest BCUT2D eigenvalue weighted by Crippen LogP contribution is -2.20. The third-order valence-electron chi connectivity index (χ3n) is 3.00. The number of ether oxygens (including phenoxy) is 2. The molecule has 0 heterocycles. The van der Waals surface area contributed by atoms with E-state index < -0.39 is 47.1 Å². The molecule has 0 aliphatic heterocycles. The number of ketones is 1. The van der Waals surface area contributed by atoms with E-state index in [-0.39, 0.29) is 11.4 Å². The fraction of sp³-hybridized carbons (Fsp3) is 0.125. The highest BCUT2D eigenvalue weighted by atomic mass is 19.1. The Bertz CT molecular complexity index is 824. The lowest BCUT2D eigenvalue weighted by molar-refractivity contribution is -0.385. The van der Waals surface area contributed by atoms with Gasteiger partial charge in [-0.3, -0.25) is 14.9 Å². The number of nitrogens with zero attached hydrogens (tertiary/aromatic N) is 1. The minimum atomic E-state index is -0.997. The van der Waals surface area contributed by atoms with Gasteiger partial charge in [-0.1, -0.05) is 12.1 Å². The number of halogens is 2. The second-order valence-electron chi connectivity index (χ2n) is 4.72. The summed E-state index contributed by atoms with van der Waals surface area (Å²) >= 11 is 0. The van der Waals surface area contributed by atoms with Crippen LogP contribution in [0.4, 0.5) is 14.5 Å². The zero-order chi connectivity index (χ0) is 18.4. The van der Waals surface area contributed by atoms with Crippen molar-refractivity contribution in [3.63, 3.8) is 0 Å². The second kappa shape index (κ2) is 7.95. The molecule has 7 nitrogen and oxygen atoms in total. The van der Waals surface area contributed by atoms with Gasteiger partial charge in [-0.15, -0.1) is 0 Å². The van der Waals surface area contributed by atoms with Gasteiger partial charge in [0.1, 0.15) is 11.6 Å². The monoisotopic (exact) mass is 351 g/mol. The Morgan fingerprint density at radius 2 is 1.80 bits per heavy atom. The molecule has 0 fully saturated rings. The molecule has 0 spiro atoms. The molecule has 0 radical (unpaired) electrons. The van der Waals surface area contributed by atoms with E-state index in [2.05, 4.69) is 4.74 Å². The maximum absolute atomic E-state index is 13.4. The highest BCUT2D eigenvalue weighted by Gasteiger charge is 2.17. The van der Waals surface area contributed by atoms with Gasteiger partial charge in [0.25, 0.3) is 0 Å². The van der Waals surface area contributed by atoms with Gasteiger partial charge in [-0.25, -0.2) is 13.6 Å². The van der Waals surface area contributed by atoms with Crippen LogP contribution in [0, 0.1) is 21.7 Å². The molecule has 2 aromatic carbocycles. The first-order valence-electron chi connectivity index (χ1n) is 6.88. The Labute approximate surface area is 139 Å². The first kappa shape index (κ1) is 18.0. The predicted octanol–water partition coefficient (Wildman–Crippen LogP) is 2.68. The topological polar surface area (TPSA) is 95.7 Å². The second-order valence-corrected chi connectivity index (χ2v) is 4.72. The normalized spacial score (nSPS) is 10.2. The highest BCUT2D eigenvalue weighted by molar-refractivity contribution is 5.98. The summed E-state index contributed by atoms with van der Waals surface area (Å²) in [6.45, 7) is -1.51. The summed E-state index contributed by atoms with van der Waals surface area (Å²) in [5.74, 6) is -3.83. The molecule has 25 heavy (non-hydrogen) atoms. The van der Waals surface area contributed by atoms with Crippen molar-refractivity contribution < 1.29 is 32.8 Å². The van der Waals surface area contributed by atoms with Crippen molar-refractivity contribution in [3.8, 4) is 5.75 Å². The number of nitro benzene ring substituents is 1. The van der Waals surface area contributed by atoms with Gasteiger partial charge >= 0.3 is 11.7 Å². The molecule has 0 aliphatic rings. The van der Waals surface area contributed by atoms with Crippen LogP contribution in [0.25, 0.3) is 0 Å². The summed E-state index contributed by atoms with van der Waals surface area (Å²) in [5.41, 5.74) is -0.888. The van der Waals surface area contributed by atoms with Crippen LogP contribution in [0.2, 0.25) is 0 Å². The van der Waals surface area contributed by atoms with Crippen LogP contribution >= 0.6 is 0 Å². The van der Waals surface area contributed by atoms with Crippen molar-refractivity contribution in [1.82, 2.24) is 0 Å². The van der Waals surface area contributed by atoms with Crippen molar-refractivity contribution >= 4 is 17.4 Å². The third kappa shape index (κ3) is 4.80. The number of esters is 1. The molecule has 0 amide bonds. The zero-order valence-corrected chi connectivity index (χ0v) is 12.6. The molecule has 0 aromatic heterocycles. The predicted molar refractivity (Wildman–Crippen MR) is 80.2 cm³/mol. The number of hydrogen-bond acceptors (Lipinski definition) is 6. The molecule has 0 unspecified atom stereocenters. The molecule has 9 heteroatoms. The van der Waals surface area contributed by atoms with Gasteiger partial charge in [0.15, 0.2) is 19.0 Å². The van der Waals surface area contributed by atoms with Crippen molar-refractivity contribution in [3.05, 3.63) is 69.8 Å². The fourth-order valence-corrected chi connectivity index (χ4v) is 1.84. The first-order chi connectivity index (χ1) is 11.9. The van der Waals surface area contributed by atoms with E-state index in [0.29, 0.717) is 6.07 Å². The van der Waals surface area contributed by atoms with Crippen molar-refractivity contribution in [2.45, 2.75) is 0 Å². The third-order valence-corrected chi connectivity index (χ3v) is 3.00. The lowest BCUT2D eigenvalue weighted by Gasteiger charge is -2.07. The van der Waals surface area contributed by atoms with E-state index >= 15 is 0 Å². The van der Waals surface area contributed by atoms with Crippen molar-refractivity contribution in [1.29, 1.82) is 0 Å². The average molecular weight is 351 g/mol. The van der Waals surface area contributed by atoms with Gasteiger partial charge < -0.3 is 9.47 Å². The number of carbonyl (C=O) groups is 2. The van der Waals surface area contributed by atoms with E-state index in [9.17, 15) is 28.5 Å². The summed E-state index contributed by atoms with van der Waals surface area (Å²) in [5, 5.41) is 10.8. The van der Waals surface area contributed by atoms with Crippen molar-refractivity contribution in [2.75, 3.05) is 13.2 Å². The molecule has 130 valence electrons. The van der Waals surface area contributed by atoms with Crippen molar-refractivity contribution in [2.24, 2.45) is 0 Å². The molecule has 2 aromatic rings. The number of hydrogen-bond donors (Lipinski definition) is 0. The summed E-state index contributed by atoms with van der Waals surface area (Å²) in [6, 6.07) is 7.70. The fourth-order valence-electron chi connectivity index (χ4n) is 1.84. The number of rotatable bonds is 7. The maximum atomic E-state index is 13.4. The Morgan fingerprint density at radius 3 is 2.52 bits per heavy atom. The minimum absolute atomic E-state index is 0.146. The van der Waals surface area contributed by atoms with Crippen LogP contribution in [0.5, 0.6) is 5.75 Å². The van der Waals surface area contributed by atoms with Crippen LogP contribution in [0.15, 0.2) is 42.5 Å². The number of nitro groups is 1. The molecule has 0 aliphatic carbocycles. The smallest absolute Gasteiger partial charge is 0.344 e. The molecule has 0 atom stereocenters. The quantitative estimate of drug-likeness (QED) is 0.329. The Kier molecular flexibility index (Phi) is 5.72. The number of carbonyl (C=O) groups excluding carboxylic acids is 2. The van der Waals surface area contributed by atoms with Crippen LogP contribution in [-0.4, -0.2) is 29.9 Å². The Balaban J connectivity index is 1.90. The number of benzene rings is 2. The molecule has 0 saturated heterocycles. The van der Waals surface area contributed by atoms with Gasteiger partial charge in [0.2, 0.25) is 5.78 Å². The standard InChI is InChI=1S/C16H11F2NO6/c17-10-5-6-12(18)11(7-10)14(20)8-25-16(21)9-24-15-4-2-1-3-13(15)19(22)23/h1-7H,8-9H2. The van der Waals surface area contributed by atoms with Crippen LogP contribution in [-0.2, 0) is 9.53 Å². The molecule has 0 saturated carbocycles. The maximum Gasteiger partial charge on any atom is 0.344 e. The first-order valence-corrected chi connectivity index (χ1v) is 6.88. The van der Waals surface area contributed by atoms with E-state index in [4.69, 9.17) is 4.74 Å². The van der Waals surface area contributed by atoms with Gasteiger partial charge in [-0.05, 0) is 24.3 Å². The lowest BCUT2D eigenvalue weighted by atomic mass is 10.1. The molecule has 2 rings (SSSR count). The van der Waals surface area contributed by atoms with E-state index in [1.165, 1.54) is 24.3 Å². The molecular weight excluding hydrogens is 340 g/mol. The molecule has 0 bridgehead atoms. The Hall–Kier alpha value is -3.36. The number of para-hydroxylation sites is 2. The summed E-state index contributed by atoms with van der Waals surface area (Å²) in [7, 11) is 0. The summed E-state index contributed by atoms with van der Waals surface area (Å²) in [6.07, 6.45) is 0. The number of Topliss-reactive ketones (excluding diaryl/α,β-unsaturated/α-hetero) is 1. The zero-order valence-electron chi connectivity index (χ0n) is 12.6. The largest absolute Gasteiger partial charge is 0.475 e. The summed E-state index contributed by atoms with van der Waals surface area (Å²) in [4.78, 5) is 33.4. The van der Waals surface area contributed by atoms with Gasteiger partial charge in [0, 0.05) is 6.07 Å². The molecular formula is C16H11F2NO6.